The van der Waals surface area contributed by atoms with E-state index in [2.05, 4.69) is 62.5 Å². The summed E-state index contributed by atoms with van der Waals surface area (Å²) < 4.78 is 0. The Morgan fingerprint density at radius 2 is 1.63 bits per heavy atom. The van der Waals surface area contributed by atoms with Gasteiger partial charge in [0.15, 0.2) is 0 Å². The molecule has 35 heavy (non-hydrogen) atoms. The number of carbonyl (C=O) groups excluding carboxylic acids is 2. The first-order valence-electron chi connectivity index (χ1n) is 13.4. The highest BCUT2D eigenvalue weighted by molar-refractivity contribution is 5.98. The predicted octanol–water partition coefficient (Wildman–Crippen LogP) is 4.71. The van der Waals surface area contributed by atoms with Gasteiger partial charge in [-0.1, -0.05) is 61.7 Å². The maximum absolute atomic E-state index is 13.8. The van der Waals surface area contributed by atoms with Crippen molar-refractivity contribution in [2.75, 3.05) is 19.6 Å². The highest BCUT2D eigenvalue weighted by Crippen LogP contribution is 2.38. The van der Waals surface area contributed by atoms with Crippen molar-refractivity contribution in [3.63, 3.8) is 0 Å². The normalized spacial score (nSPS) is 24.2. The highest BCUT2D eigenvalue weighted by atomic mass is 16.2. The molecular weight excluding hydrogens is 436 g/mol. The van der Waals surface area contributed by atoms with Crippen LogP contribution in [0.25, 0.3) is 0 Å². The molecule has 3 aliphatic heterocycles. The third kappa shape index (κ3) is 4.44. The van der Waals surface area contributed by atoms with Crippen molar-refractivity contribution in [1.29, 1.82) is 0 Å². The molecule has 4 aliphatic rings. The summed E-state index contributed by atoms with van der Waals surface area (Å²) in [5.41, 5.74) is 4.46. The van der Waals surface area contributed by atoms with Crippen LogP contribution in [0.15, 0.2) is 48.5 Å². The fourth-order valence-electron chi connectivity index (χ4n) is 6.68. The van der Waals surface area contributed by atoms with E-state index in [4.69, 9.17) is 0 Å². The molecular formula is C29H36N4O2. The average molecular weight is 473 g/mol. The zero-order valence-electron chi connectivity index (χ0n) is 20.5. The van der Waals surface area contributed by atoms with Gasteiger partial charge in [0.2, 0.25) is 0 Å². The van der Waals surface area contributed by atoms with E-state index >= 15 is 0 Å². The maximum atomic E-state index is 13.8. The molecule has 2 aromatic carbocycles. The van der Waals surface area contributed by atoms with Gasteiger partial charge in [0.25, 0.3) is 5.91 Å². The van der Waals surface area contributed by atoms with Crippen LogP contribution in [0.5, 0.6) is 0 Å². The lowest BCUT2D eigenvalue weighted by molar-refractivity contribution is 0.0965. The Bertz CT molecular complexity index is 1070. The van der Waals surface area contributed by atoms with Crippen molar-refractivity contribution in [2.24, 2.45) is 0 Å². The number of nitrogens with zero attached hydrogens (tertiary/aromatic N) is 3. The molecule has 2 saturated heterocycles. The molecule has 2 aromatic rings. The number of benzene rings is 2. The zero-order valence-corrected chi connectivity index (χ0v) is 20.5. The van der Waals surface area contributed by atoms with Crippen LogP contribution in [0.3, 0.4) is 0 Å². The van der Waals surface area contributed by atoms with Crippen molar-refractivity contribution in [1.82, 2.24) is 20.0 Å². The van der Waals surface area contributed by atoms with Gasteiger partial charge in [0, 0.05) is 50.4 Å². The van der Waals surface area contributed by atoms with Crippen LogP contribution in [0.1, 0.15) is 78.0 Å². The fourth-order valence-corrected chi connectivity index (χ4v) is 6.68. The van der Waals surface area contributed by atoms with Crippen LogP contribution in [0, 0.1) is 0 Å². The second-order valence-electron chi connectivity index (χ2n) is 10.7. The molecule has 0 aromatic heterocycles. The van der Waals surface area contributed by atoms with E-state index in [0.717, 1.165) is 63.0 Å². The van der Waals surface area contributed by atoms with Gasteiger partial charge < -0.3 is 15.1 Å². The number of piperidine rings is 1. The Morgan fingerprint density at radius 3 is 2.40 bits per heavy atom. The fraction of sp³-hybridized carbons (Fsp3) is 0.517. The summed E-state index contributed by atoms with van der Waals surface area (Å²) in [6, 6.07) is 18.0. The molecule has 0 radical (unpaired) electrons. The van der Waals surface area contributed by atoms with Gasteiger partial charge in [-0.05, 0) is 48.4 Å². The number of fused-ring (bicyclic) bond motifs is 1. The second kappa shape index (κ2) is 9.65. The SMILES string of the molecule is O=C1NCc2cc(CN3CCC(N4C(=O)N(C5CCCCC5)CC4c4ccccc4)CC3)ccc21. The summed E-state index contributed by atoms with van der Waals surface area (Å²) in [7, 11) is 0. The lowest BCUT2D eigenvalue weighted by Gasteiger charge is -2.39. The van der Waals surface area contributed by atoms with Gasteiger partial charge in [0.1, 0.15) is 0 Å². The number of urea groups is 1. The quantitative estimate of drug-likeness (QED) is 0.686. The van der Waals surface area contributed by atoms with Crippen LogP contribution >= 0.6 is 0 Å². The molecule has 184 valence electrons. The van der Waals surface area contributed by atoms with Gasteiger partial charge in [-0.25, -0.2) is 4.79 Å². The lowest BCUT2D eigenvalue weighted by Crippen LogP contribution is -2.48. The first-order chi connectivity index (χ1) is 17.2. The predicted molar refractivity (Wildman–Crippen MR) is 136 cm³/mol. The molecule has 1 unspecified atom stereocenters. The monoisotopic (exact) mass is 472 g/mol. The second-order valence-corrected chi connectivity index (χ2v) is 10.7. The van der Waals surface area contributed by atoms with Crippen molar-refractivity contribution in [2.45, 2.75) is 76.2 Å². The minimum absolute atomic E-state index is 0.0397. The average Bonchev–Trinajstić information content (AvgIpc) is 3.45. The van der Waals surface area contributed by atoms with Gasteiger partial charge >= 0.3 is 6.03 Å². The van der Waals surface area contributed by atoms with E-state index < -0.39 is 0 Å². The molecule has 6 heteroatoms. The Morgan fingerprint density at radius 1 is 0.857 bits per heavy atom. The third-order valence-electron chi connectivity index (χ3n) is 8.58. The molecule has 3 amide bonds. The van der Waals surface area contributed by atoms with Gasteiger partial charge in [-0.3, -0.25) is 9.69 Å². The molecule has 6 nitrogen and oxygen atoms in total. The highest BCUT2D eigenvalue weighted by Gasteiger charge is 2.45. The van der Waals surface area contributed by atoms with Crippen LogP contribution in [-0.2, 0) is 13.1 Å². The topological polar surface area (TPSA) is 55.9 Å². The number of carbonyl (C=O) groups is 2. The van der Waals surface area contributed by atoms with Crippen LogP contribution in [0.4, 0.5) is 4.79 Å². The minimum Gasteiger partial charge on any atom is -0.348 e. The minimum atomic E-state index is 0.0397. The Balaban J connectivity index is 1.14. The Hall–Kier alpha value is -2.86. The van der Waals surface area contributed by atoms with Crippen molar-refractivity contribution < 1.29 is 9.59 Å². The molecule has 0 spiro atoms. The molecule has 3 fully saturated rings. The Kier molecular flexibility index (Phi) is 6.23. The third-order valence-corrected chi connectivity index (χ3v) is 8.58. The Labute approximate surface area is 208 Å². The van der Waals surface area contributed by atoms with E-state index in [-0.39, 0.29) is 18.0 Å². The van der Waals surface area contributed by atoms with Crippen molar-refractivity contribution in [3.05, 3.63) is 70.8 Å². The van der Waals surface area contributed by atoms with E-state index in [0.29, 0.717) is 18.6 Å². The standard InChI is InChI=1S/C29H36N4O2/c34-28-26-12-11-21(17-23(26)18-30-28)19-31-15-13-25(14-16-31)33-27(22-7-3-1-4-8-22)20-32(29(33)35)24-9-5-2-6-10-24/h1,3-4,7-8,11-12,17,24-25,27H,2,5-6,9-10,13-16,18-20H2,(H,30,34). The first kappa shape index (κ1) is 22.6. The van der Waals surface area contributed by atoms with Gasteiger partial charge in [-0.15, -0.1) is 0 Å². The molecule has 1 saturated carbocycles. The smallest absolute Gasteiger partial charge is 0.321 e. The summed E-state index contributed by atoms with van der Waals surface area (Å²) in [6.45, 7) is 4.36. The first-order valence-corrected chi connectivity index (χ1v) is 13.4. The number of rotatable bonds is 5. The maximum Gasteiger partial charge on any atom is 0.321 e. The molecule has 1 N–H and O–H groups in total. The lowest BCUT2D eigenvalue weighted by atomic mass is 9.94. The van der Waals surface area contributed by atoms with E-state index in [1.54, 1.807) is 0 Å². The van der Waals surface area contributed by atoms with Gasteiger partial charge in [-0.2, -0.15) is 0 Å². The summed E-state index contributed by atoms with van der Waals surface area (Å²) >= 11 is 0. The molecule has 1 atom stereocenters. The summed E-state index contributed by atoms with van der Waals surface area (Å²) in [6.07, 6.45) is 8.13. The van der Waals surface area contributed by atoms with Gasteiger partial charge in [0.05, 0.1) is 6.04 Å². The van der Waals surface area contributed by atoms with Crippen LogP contribution in [-0.4, -0.2) is 58.4 Å². The molecule has 6 rings (SSSR count). The number of likely N-dealkylation sites (tertiary alicyclic amines) is 1. The summed E-state index contributed by atoms with van der Waals surface area (Å²) in [4.78, 5) is 32.6. The number of nitrogens with one attached hydrogen (secondary N) is 1. The molecule has 1 aliphatic carbocycles. The number of hydrogen-bond donors (Lipinski definition) is 1. The zero-order chi connectivity index (χ0) is 23.8. The summed E-state index contributed by atoms with van der Waals surface area (Å²) in [5, 5.41) is 2.91. The van der Waals surface area contributed by atoms with E-state index in [1.807, 2.05) is 6.07 Å². The van der Waals surface area contributed by atoms with Crippen molar-refractivity contribution in [3.8, 4) is 0 Å². The number of amides is 3. The molecule has 3 heterocycles. The largest absolute Gasteiger partial charge is 0.348 e. The molecule has 0 bridgehead atoms. The number of hydrogen-bond acceptors (Lipinski definition) is 3. The van der Waals surface area contributed by atoms with Crippen LogP contribution < -0.4 is 5.32 Å². The summed E-state index contributed by atoms with van der Waals surface area (Å²) in [5.74, 6) is 0.0397. The van der Waals surface area contributed by atoms with E-state index in [9.17, 15) is 9.59 Å². The van der Waals surface area contributed by atoms with E-state index in [1.165, 1.54) is 30.4 Å². The van der Waals surface area contributed by atoms with Crippen LogP contribution in [0.2, 0.25) is 0 Å². The van der Waals surface area contributed by atoms with Crippen molar-refractivity contribution >= 4 is 11.9 Å².